The Morgan fingerprint density at radius 3 is 2.25 bits per heavy atom. The molecule has 12 heavy (non-hydrogen) atoms. The summed E-state index contributed by atoms with van der Waals surface area (Å²) in [6, 6.07) is 2.95. The first-order valence-corrected chi connectivity index (χ1v) is 4.09. The fourth-order valence-electron chi connectivity index (χ4n) is 0.704. The number of hydrogen-bond donors (Lipinski definition) is 0. The van der Waals surface area contributed by atoms with E-state index in [0.717, 1.165) is 19.5 Å². The zero-order valence-corrected chi connectivity index (χ0v) is 9.19. The van der Waals surface area contributed by atoms with E-state index in [9.17, 15) is 0 Å². The highest BCUT2D eigenvalue weighted by Gasteiger charge is 1.98. The van der Waals surface area contributed by atoms with Crippen molar-refractivity contribution in [3.63, 3.8) is 0 Å². The maximum absolute atomic E-state index is 4.05. The summed E-state index contributed by atoms with van der Waals surface area (Å²) in [6.45, 7) is 5.93. The molecule has 0 atom stereocenters. The largest absolute Gasteiger partial charge is 0.332 e. The van der Waals surface area contributed by atoms with Gasteiger partial charge in [-0.1, -0.05) is 6.92 Å². The van der Waals surface area contributed by atoms with Gasteiger partial charge in [0.15, 0.2) is 0 Å². The summed E-state index contributed by atoms with van der Waals surface area (Å²) in [7, 11) is 3.99. The number of hydrogen-bond acceptors (Lipinski definition) is 2. The molecule has 72 valence electrons. The zero-order chi connectivity index (χ0) is 8.69. The molecular weight excluding hydrogens is 174 g/mol. The van der Waals surface area contributed by atoms with Crippen molar-refractivity contribution in [2.24, 2.45) is 4.99 Å². The Kier molecular flexibility index (Phi) is 10.0. The predicted octanol–water partition coefficient (Wildman–Crippen LogP) is 1.50. The van der Waals surface area contributed by atoms with Gasteiger partial charge in [-0.25, -0.2) is 5.01 Å². The van der Waals surface area contributed by atoms with Gasteiger partial charge in [0.2, 0.25) is 0 Å². The van der Waals surface area contributed by atoms with Gasteiger partial charge in [0, 0.05) is 14.1 Å². The minimum atomic E-state index is 0. The molecule has 4 heteroatoms. The Bertz CT molecular complexity index is 160. The Morgan fingerprint density at radius 2 is 1.92 bits per heavy atom. The van der Waals surface area contributed by atoms with Gasteiger partial charge in [0.25, 0.3) is 0 Å². The van der Waals surface area contributed by atoms with Crippen molar-refractivity contribution in [3.8, 4) is 0 Å². The monoisotopic (exact) mass is 192 g/mol. The molecule has 0 spiro atoms. The first kappa shape index (κ1) is 14.0. The average Bonchev–Trinajstić information content (AvgIpc) is 1.97. The fourth-order valence-corrected chi connectivity index (χ4v) is 0.704. The van der Waals surface area contributed by atoms with E-state index in [1.807, 2.05) is 30.7 Å². The summed E-state index contributed by atoms with van der Waals surface area (Å²) in [4.78, 5) is 4.05. The molecule has 0 saturated heterocycles. The van der Waals surface area contributed by atoms with E-state index in [2.05, 4.69) is 17.9 Å². The lowest BCUT2D eigenvalue weighted by Gasteiger charge is -2.09. The lowest BCUT2D eigenvalue weighted by Crippen LogP contribution is -2.27. The van der Waals surface area contributed by atoms with Gasteiger partial charge in [-0.05, 0) is 18.3 Å². The van der Waals surface area contributed by atoms with Crippen LogP contribution in [0.15, 0.2) is 4.99 Å². The molecule has 0 radical (unpaired) electrons. The van der Waals surface area contributed by atoms with Crippen LogP contribution in [0.25, 0.3) is 0 Å². The van der Waals surface area contributed by atoms with E-state index in [0.29, 0.717) is 0 Å². The molecule has 0 aromatic carbocycles. The lowest BCUT2D eigenvalue weighted by atomic mass is 10.5. The molecule has 0 amide bonds. The van der Waals surface area contributed by atoms with Crippen molar-refractivity contribution < 1.29 is 4.68 Å². The van der Waals surface area contributed by atoms with E-state index >= 15 is 0 Å². The molecule has 0 heterocycles. The van der Waals surface area contributed by atoms with Crippen LogP contribution in [0.5, 0.6) is 0 Å². The average molecular weight is 193 g/mol. The molecule has 0 unspecified atom stereocenters. The summed E-state index contributed by atoms with van der Waals surface area (Å²) >= 11 is 0. The van der Waals surface area contributed by atoms with Crippen LogP contribution in [0.1, 0.15) is 20.3 Å². The Morgan fingerprint density at radius 1 is 1.33 bits per heavy atom. The predicted molar refractivity (Wildman–Crippen MR) is 54.3 cm³/mol. The number of aliphatic imine (C=N–C) groups is 1. The third-order valence-corrected chi connectivity index (χ3v) is 1.26. The van der Waals surface area contributed by atoms with Crippen molar-refractivity contribution in [3.05, 3.63) is 0 Å². The highest BCUT2D eigenvalue weighted by molar-refractivity contribution is 5.85. The smallest absolute Gasteiger partial charge is 0.247 e. The zero-order valence-electron chi connectivity index (χ0n) is 8.37. The third-order valence-electron chi connectivity index (χ3n) is 1.26. The quantitative estimate of drug-likeness (QED) is 0.375. The number of halogens is 1. The van der Waals surface area contributed by atoms with E-state index < -0.39 is 0 Å². The second-order valence-electron chi connectivity index (χ2n) is 2.54. The molecule has 0 saturated carbocycles. The van der Waals surface area contributed by atoms with E-state index in [1.54, 1.807) is 0 Å². The first-order chi connectivity index (χ1) is 5.22. The minimum absolute atomic E-state index is 0. The number of rotatable bonds is 4. The second kappa shape index (κ2) is 8.57. The highest BCUT2D eigenvalue weighted by atomic mass is 35.5. The molecule has 0 aliphatic rings. The molecular formula is C8H19ClN3+. The van der Waals surface area contributed by atoms with Crippen LogP contribution in [0.3, 0.4) is 0 Å². The van der Waals surface area contributed by atoms with Crippen LogP contribution >= 0.6 is 12.4 Å². The van der Waals surface area contributed by atoms with Gasteiger partial charge in [-0.15, -0.1) is 17.1 Å². The Balaban J connectivity index is 0. The van der Waals surface area contributed by atoms with Gasteiger partial charge in [-0.2, -0.15) is 0 Å². The molecule has 0 fully saturated rings. The van der Waals surface area contributed by atoms with Crippen molar-refractivity contribution in [2.45, 2.75) is 20.3 Å². The van der Waals surface area contributed by atoms with Gasteiger partial charge in [-0.3, -0.25) is 0 Å². The molecule has 0 aromatic heterocycles. The van der Waals surface area contributed by atoms with Crippen molar-refractivity contribution in [1.82, 2.24) is 5.01 Å². The molecule has 0 aliphatic heterocycles. The SMILES string of the molecule is CCC[N+](=C=NCC)N(C)C.Cl. The molecule has 0 bridgehead atoms. The van der Waals surface area contributed by atoms with Crippen LogP contribution in [0.4, 0.5) is 0 Å². The summed E-state index contributed by atoms with van der Waals surface area (Å²) in [5, 5.41) is 1.99. The van der Waals surface area contributed by atoms with Crippen molar-refractivity contribution in [2.75, 3.05) is 27.2 Å². The molecule has 0 aliphatic carbocycles. The summed E-state index contributed by atoms with van der Waals surface area (Å²) < 4.78 is 1.98. The van der Waals surface area contributed by atoms with E-state index in [-0.39, 0.29) is 12.4 Å². The summed E-state index contributed by atoms with van der Waals surface area (Å²) in [5.74, 6) is 0. The number of nitrogens with zero attached hydrogens (tertiary/aromatic N) is 3. The van der Waals surface area contributed by atoms with Crippen LogP contribution < -0.4 is 0 Å². The third kappa shape index (κ3) is 6.20. The normalized spacial score (nSPS) is 8.00. The van der Waals surface area contributed by atoms with Crippen molar-refractivity contribution in [1.29, 1.82) is 0 Å². The Hall–Kier alpha value is -0.530. The maximum Gasteiger partial charge on any atom is 0.332 e. The fraction of sp³-hybridized carbons (Fsp3) is 0.875. The Labute approximate surface area is 81.2 Å². The summed E-state index contributed by atoms with van der Waals surface area (Å²) in [6.07, 6.45) is 1.12. The number of hydrazone groups is 1. The second-order valence-corrected chi connectivity index (χ2v) is 2.54. The number of hydrazine groups is 1. The lowest BCUT2D eigenvalue weighted by molar-refractivity contribution is -0.673. The van der Waals surface area contributed by atoms with Gasteiger partial charge < -0.3 is 0 Å². The van der Waals surface area contributed by atoms with Crippen LogP contribution in [0, 0.1) is 0 Å². The molecule has 0 rings (SSSR count). The minimum Gasteiger partial charge on any atom is -0.247 e. The summed E-state index contributed by atoms with van der Waals surface area (Å²) in [5.41, 5.74) is 0. The van der Waals surface area contributed by atoms with E-state index in [4.69, 9.17) is 0 Å². The molecule has 0 aromatic rings. The topological polar surface area (TPSA) is 18.6 Å². The first-order valence-electron chi connectivity index (χ1n) is 4.09. The van der Waals surface area contributed by atoms with Crippen molar-refractivity contribution >= 4 is 18.4 Å². The van der Waals surface area contributed by atoms with Gasteiger partial charge in [0.1, 0.15) is 13.1 Å². The molecule has 0 N–H and O–H groups in total. The van der Waals surface area contributed by atoms with Crippen LogP contribution in [-0.4, -0.2) is 42.9 Å². The van der Waals surface area contributed by atoms with Crippen LogP contribution in [-0.2, 0) is 0 Å². The van der Waals surface area contributed by atoms with Gasteiger partial charge in [0.05, 0.1) is 0 Å². The maximum atomic E-state index is 4.05. The standard InChI is InChI=1S/C8H18N3.ClH/c1-5-7-11(10(3)4)8-9-6-2;/h5-7H2,1-4H3;1H/q+1;. The molecule has 3 nitrogen and oxygen atoms in total. The van der Waals surface area contributed by atoms with E-state index in [1.165, 1.54) is 0 Å². The van der Waals surface area contributed by atoms with Crippen LogP contribution in [0.2, 0.25) is 0 Å². The van der Waals surface area contributed by atoms with Gasteiger partial charge >= 0.3 is 6.01 Å². The highest BCUT2D eigenvalue weighted by Crippen LogP contribution is 1.81.